The van der Waals surface area contributed by atoms with E-state index < -0.39 is 47.2 Å². The average molecular weight is 672 g/mol. The second-order valence-corrected chi connectivity index (χ2v) is 13.6. The van der Waals surface area contributed by atoms with Gasteiger partial charge < -0.3 is 45.9 Å². The number of amides is 4. The molecule has 3 atom stereocenters. The Morgan fingerprint density at radius 3 is 1.89 bits per heavy atom. The lowest BCUT2D eigenvalue weighted by Crippen LogP contribution is -2.48. The molecule has 0 radical (unpaired) electrons. The number of rotatable bonds is 22. The highest BCUT2D eigenvalue weighted by Crippen LogP contribution is 2.19. The molecule has 0 bridgehead atoms. The molecule has 0 saturated heterocycles. The maximum Gasteiger partial charge on any atom is 0.329 e. The zero-order valence-electron chi connectivity index (χ0n) is 29.2. The van der Waals surface area contributed by atoms with Crippen LogP contribution in [0.1, 0.15) is 99.8 Å². The van der Waals surface area contributed by atoms with Crippen molar-refractivity contribution in [3.8, 4) is 0 Å². The quantitative estimate of drug-likeness (QED) is 0.0800. The van der Waals surface area contributed by atoms with Crippen molar-refractivity contribution in [2.75, 3.05) is 33.0 Å². The smallest absolute Gasteiger partial charge is 0.329 e. The second kappa shape index (κ2) is 20.8. The zero-order chi connectivity index (χ0) is 35.6. The van der Waals surface area contributed by atoms with Crippen LogP contribution < -0.4 is 27.0 Å². The molecule has 0 aliphatic heterocycles. The van der Waals surface area contributed by atoms with Gasteiger partial charge in [0.15, 0.2) is 0 Å². The first-order chi connectivity index (χ1) is 21.9. The number of carbonyl (C=O) groups is 6. The zero-order valence-corrected chi connectivity index (χ0v) is 29.2. The summed E-state index contributed by atoms with van der Waals surface area (Å²) in [4.78, 5) is 74.3. The number of esters is 2. The van der Waals surface area contributed by atoms with Crippen molar-refractivity contribution in [3.05, 3.63) is 0 Å². The Kier molecular flexibility index (Phi) is 18.5. The molecule has 1 rings (SSSR count). The molecule has 4 amide bonds. The molecule has 15 nitrogen and oxygen atoms in total. The van der Waals surface area contributed by atoms with Gasteiger partial charge in [0.1, 0.15) is 35.9 Å². The lowest BCUT2D eigenvalue weighted by Gasteiger charge is -2.25. The molecule has 0 aromatic rings. The molecule has 3 unspecified atom stereocenters. The molecule has 1 saturated carbocycles. The van der Waals surface area contributed by atoms with Crippen molar-refractivity contribution in [3.63, 3.8) is 0 Å². The van der Waals surface area contributed by atoms with Crippen molar-refractivity contribution >= 4 is 35.6 Å². The van der Waals surface area contributed by atoms with E-state index in [-0.39, 0.29) is 82.4 Å². The van der Waals surface area contributed by atoms with Gasteiger partial charge in [0.05, 0.1) is 19.8 Å². The van der Waals surface area contributed by atoms with Crippen molar-refractivity contribution < 1.29 is 47.7 Å². The highest BCUT2D eigenvalue weighted by Gasteiger charge is 2.29. The maximum absolute atomic E-state index is 12.7. The number of carbonyl (C=O) groups excluding carboxylic acids is 6. The van der Waals surface area contributed by atoms with Crippen LogP contribution in [0.3, 0.4) is 0 Å². The number of nitrogens with two attached hydrogens (primary N) is 1. The predicted octanol–water partition coefficient (Wildman–Crippen LogP) is 0.755. The third-order valence-electron chi connectivity index (χ3n) is 6.41. The first-order valence-corrected chi connectivity index (χ1v) is 16.4. The minimum atomic E-state index is -1.08. The number of hydrogen-bond donors (Lipinski definition) is 5. The van der Waals surface area contributed by atoms with Crippen LogP contribution in [0, 0.1) is 0 Å². The standard InChI is InChI=1S/C32H57N5O10/c1-8-9-23(28(41)35-21-10-11-21)36-27(40)20-45-19-18-44-17-16-34-25(38)15-13-24(30(43)47-32(5,6)7)37-26(39)14-12-22(33)29(42)46-31(2,3)4/h21-24H,8-20,33H2,1-7H3,(H,34,38)(H,35,41)(H,36,40)(H,37,39). The first-order valence-electron chi connectivity index (χ1n) is 16.4. The van der Waals surface area contributed by atoms with Gasteiger partial charge >= 0.3 is 11.9 Å². The van der Waals surface area contributed by atoms with E-state index in [0.717, 1.165) is 19.3 Å². The highest BCUT2D eigenvalue weighted by atomic mass is 16.6. The van der Waals surface area contributed by atoms with Gasteiger partial charge in [0.2, 0.25) is 23.6 Å². The van der Waals surface area contributed by atoms with Crippen LogP contribution in [0.5, 0.6) is 0 Å². The molecule has 0 aromatic heterocycles. The van der Waals surface area contributed by atoms with Gasteiger partial charge in [-0.15, -0.1) is 0 Å². The summed E-state index contributed by atoms with van der Waals surface area (Å²) in [6.45, 7) is 12.7. The molecule has 1 aliphatic rings. The van der Waals surface area contributed by atoms with Crippen LogP contribution in [0.4, 0.5) is 0 Å². The fraction of sp³-hybridized carbons (Fsp3) is 0.812. The molecule has 0 aromatic carbocycles. The summed E-state index contributed by atoms with van der Waals surface area (Å²) in [6, 6.07) is -2.45. The van der Waals surface area contributed by atoms with Crippen molar-refractivity contribution in [1.29, 1.82) is 0 Å². The molecular formula is C32H57N5O10. The summed E-state index contributed by atoms with van der Waals surface area (Å²) in [5, 5.41) is 10.9. The topological polar surface area (TPSA) is 213 Å². The number of hydrogen-bond acceptors (Lipinski definition) is 11. The van der Waals surface area contributed by atoms with E-state index in [4.69, 9.17) is 24.7 Å². The van der Waals surface area contributed by atoms with Crippen molar-refractivity contribution in [2.24, 2.45) is 5.73 Å². The molecule has 270 valence electrons. The van der Waals surface area contributed by atoms with Crippen LogP contribution in [0.25, 0.3) is 0 Å². The lowest BCUT2D eigenvalue weighted by atomic mass is 10.1. The predicted molar refractivity (Wildman–Crippen MR) is 173 cm³/mol. The summed E-state index contributed by atoms with van der Waals surface area (Å²) < 4.78 is 21.4. The molecular weight excluding hydrogens is 614 g/mol. The molecule has 15 heteroatoms. The van der Waals surface area contributed by atoms with Gasteiger partial charge in [-0.2, -0.15) is 0 Å². The molecule has 1 aliphatic carbocycles. The third-order valence-corrected chi connectivity index (χ3v) is 6.41. The number of ether oxygens (including phenoxy) is 4. The van der Waals surface area contributed by atoms with Crippen molar-refractivity contribution in [1.82, 2.24) is 21.3 Å². The van der Waals surface area contributed by atoms with E-state index >= 15 is 0 Å². The molecule has 0 spiro atoms. The molecule has 47 heavy (non-hydrogen) atoms. The second-order valence-electron chi connectivity index (χ2n) is 13.6. The summed E-state index contributed by atoms with van der Waals surface area (Å²) in [5.41, 5.74) is 4.33. The lowest BCUT2D eigenvalue weighted by molar-refractivity contribution is -0.159. The summed E-state index contributed by atoms with van der Waals surface area (Å²) in [5.74, 6) is -2.75. The molecule has 6 N–H and O–H groups in total. The average Bonchev–Trinajstić information content (AvgIpc) is 3.77. The van der Waals surface area contributed by atoms with Gasteiger partial charge in [0, 0.05) is 25.4 Å². The Morgan fingerprint density at radius 1 is 0.723 bits per heavy atom. The van der Waals surface area contributed by atoms with Crippen LogP contribution in [0.15, 0.2) is 0 Å². The minimum Gasteiger partial charge on any atom is -0.459 e. The fourth-order valence-corrected chi connectivity index (χ4v) is 4.00. The Hall–Kier alpha value is -3.30. The van der Waals surface area contributed by atoms with Crippen LogP contribution in [-0.2, 0) is 47.7 Å². The Labute approximate surface area is 278 Å². The van der Waals surface area contributed by atoms with Gasteiger partial charge in [-0.3, -0.25) is 24.0 Å². The Bertz CT molecular complexity index is 1040. The first kappa shape index (κ1) is 41.7. The largest absolute Gasteiger partial charge is 0.459 e. The van der Waals surface area contributed by atoms with E-state index in [0.29, 0.717) is 6.42 Å². The van der Waals surface area contributed by atoms with E-state index in [1.54, 1.807) is 41.5 Å². The van der Waals surface area contributed by atoms with E-state index in [9.17, 15) is 28.8 Å². The minimum absolute atomic E-state index is 0.0112. The Balaban J connectivity index is 2.35. The molecule has 0 heterocycles. The van der Waals surface area contributed by atoms with E-state index in [1.807, 2.05) is 6.92 Å². The maximum atomic E-state index is 12.7. The summed E-state index contributed by atoms with van der Waals surface area (Å²) in [6.07, 6.45) is 3.03. The van der Waals surface area contributed by atoms with Crippen LogP contribution in [0.2, 0.25) is 0 Å². The normalized spacial score (nSPS) is 15.1. The summed E-state index contributed by atoms with van der Waals surface area (Å²) >= 11 is 0. The van der Waals surface area contributed by atoms with Crippen LogP contribution >= 0.6 is 0 Å². The van der Waals surface area contributed by atoms with E-state index in [2.05, 4.69) is 21.3 Å². The SMILES string of the molecule is CCCC(NC(=O)COCCOCCNC(=O)CCC(NC(=O)CCC(N)C(=O)OC(C)(C)C)C(=O)OC(C)(C)C)C(=O)NC1CC1. The van der Waals surface area contributed by atoms with Crippen LogP contribution in [-0.4, -0.2) is 104 Å². The van der Waals surface area contributed by atoms with Gasteiger partial charge in [-0.1, -0.05) is 13.3 Å². The monoisotopic (exact) mass is 671 g/mol. The van der Waals surface area contributed by atoms with Gasteiger partial charge in [0.25, 0.3) is 0 Å². The number of nitrogens with one attached hydrogen (secondary N) is 4. The van der Waals surface area contributed by atoms with E-state index in [1.165, 1.54) is 0 Å². The highest BCUT2D eigenvalue weighted by molar-refractivity contribution is 5.88. The Morgan fingerprint density at radius 2 is 1.30 bits per heavy atom. The fourth-order valence-electron chi connectivity index (χ4n) is 4.00. The third kappa shape index (κ3) is 21.2. The van der Waals surface area contributed by atoms with Gasteiger partial charge in [-0.05, 0) is 73.6 Å². The summed E-state index contributed by atoms with van der Waals surface area (Å²) in [7, 11) is 0. The van der Waals surface area contributed by atoms with Gasteiger partial charge in [-0.25, -0.2) is 4.79 Å². The van der Waals surface area contributed by atoms with Crippen molar-refractivity contribution in [2.45, 2.75) is 135 Å². The molecule has 1 fully saturated rings.